The Kier molecular flexibility index (Phi) is 22.9. The number of aliphatic hydroxyl groups is 15. The van der Waals surface area contributed by atoms with Gasteiger partial charge in [-0.3, -0.25) is 0 Å². The summed E-state index contributed by atoms with van der Waals surface area (Å²) in [4.78, 5) is 42.2. The lowest BCUT2D eigenvalue weighted by Crippen LogP contribution is -2.77. The third-order valence-electron chi connectivity index (χ3n) is 27.5. The van der Waals surface area contributed by atoms with Crippen molar-refractivity contribution in [1.29, 1.82) is 0 Å². The van der Waals surface area contributed by atoms with Crippen LogP contribution in [-0.2, 0) is 71.2 Å². The summed E-state index contributed by atoms with van der Waals surface area (Å²) >= 11 is 0. The third kappa shape index (κ3) is 13.3. The van der Waals surface area contributed by atoms with Gasteiger partial charge in [0.15, 0.2) is 49.9 Å². The molecule has 0 radical (unpaired) electrons. The van der Waals surface area contributed by atoms with Crippen LogP contribution in [0.25, 0.3) is 6.08 Å². The van der Waals surface area contributed by atoms with Crippen molar-refractivity contribution in [3.05, 3.63) is 77.9 Å². The normalized spacial score (nSPS) is 50.3. The van der Waals surface area contributed by atoms with Crippen molar-refractivity contribution < 1.29 is 158 Å². The number of fused-ring (bicyclic) bond motifs is 4. The Morgan fingerprint density at radius 1 is 0.500 bits per heavy atom. The zero-order chi connectivity index (χ0) is 78.2. The molecular weight excluding hydrogens is 1420 g/mol. The summed E-state index contributed by atoms with van der Waals surface area (Å²) in [7, 11) is 0. The predicted molar refractivity (Wildman–Crippen MR) is 365 cm³/mol. The minimum absolute atomic E-state index is 0.0823. The number of aliphatic hydroxyl groups excluding tert-OH is 15. The van der Waals surface area contributed by atoms with Gasteiger partial charge in [0.25, 0.3) is 0 Å². The van der Waals surface area contributed by atoms with Crippen LogP contribution in [0.5, 0.6) is 0 Å². The molecule has 38 atom stereocenters. The largest absolute Gasteiger partial charge is 0.479 e. The van der Waals surface area contributed by atoms with Crippen LogP contribution in [0.2, 0.25) is 0 Å². The summed E-state index contributed by atoms with van der Waals surface area (Å²) in [5.74, 6) is -4.27. The van der Waals surface area contributed by atoms with Gasteiger partial charge >= 0.3 is 17.9 Å². The molecule has 6 heterocycles. The van der Waals surface area contributed by atoms with Crippen LogP contribution in [-0.4, -0.2) is 303 Å². The van der Waals surface area contributed by atoms with Crippen LogP contribution in [0.1, 0.15) is 130 Å². The van der Waals surface area contributed by atoms with Gasteiger partial charge in [-0.25, -0.2) is 14.4 Å². The fourth-order valence-corrected chi connectivity index (χ4v) is 21.6. The van der Waals surface area contributed by atoms with Crippen LogP contribution in [0.15, 0.2) is 66.7 Å². The Morgan fingerprint density at radius 3 is 1.65 bits per heavy atom. The van der Waals surface area contributed by atoms with E-state index in [1.54, 1.807) is 36.4 Å². The molecular formula is C76H108O32. The van der Waals surface area contributed by atoms with Gasteiger partial charge in [0.1, 0.15) is 110 Å². The number of rotatable bonds is 18. The molecule has 1 spiro atoms. The second kappa shape index (κ2) is 30.4. The molecule has 13 rings (SSSR count). The van der Waals surface area contributed by atoms with E-state index in [0.717, 1.165) is 0 Å². The lowest BCUT2D eigenvalue weighted by Gasteiger charge is -2.75. The smallest absolute Gasteiger partial charge is 0.338 e. The Bertz CT molecular complexity index is 3520. The lowest BCUT2D eigenvalue weighted by molar-refractivity contribution is -0.412. The molecule has 11 aliphatic rings. The summed E-state index contributed by atoms with van der Waals surface area (Å²) in [6.45, 7) is 15.1. The molecule has 2 bridgehead atoms. The van der Waals surface area contributed by atoms with E-state index in [0.29, 0.717) is 37.7 Å². The number of esters is 2. The van der Waals surface area contributed by atoms with Crippen molar-refractivity contribution >= 4 is 24.0 Å². The summed E-state index contributed by atoms with van der Waals surface area (Å²) in [5, 5.41) is 183. The maximum absolute atomic E-state index is 14.4. The summed E-state index contributed by atoms with van der Waals surface area (Å²) in [6.07, 6.45) is -49.2. The quantitative estimate of drug-likeness (QED) is 0.0484. The molecule has 0 amide bonds. The van der Waals surface area contributed by atoms with Crippen molar-refractivity contribution in [2.45, 2.75) is 304 Å². The van der Waals surface area contributed by atoms with Gasteiger partial charge in [0, 0.05) is 22.8 Å². The van der Waals surface area contributed by atoms with E-state index in [9.17, 15) is 96.1 Å². The highest BCUT2D eigenvalue weighted by Gasteiger charge is 2.86. The average Bonchev–Trinajstić information content (AvgIpc) is 1.40. The first-order valence-electron chi connectivity index (χ1n) is 37.6. The molecule has 108 heavy (non-hydrogen) atoms. The van der Waals surface area contributed by atoms with Crippen LogP contribution in [0.3, 0.4) is 0 Å². The van der Waals surface area contributed by atoms with E-state index in [1.807, 2.05) is 58.0 Å². The molecule has 1 unspecified atom stereocenters. The van der Waals surface area contributed by atoms with Crippen molar-refractivity contribution in [2.75, 3.05) is 13.2 Å². The van der Waals surface area contributed by atoms with Gasteiger partial charge in [0.05, 0.1) is 54.2 Å². The Hall–Kier alpha value is -4.45. The maximum atomic E-state index is 14.4. The summed E-state index contributed by atoms with van der Waals surface area (Å²) in [6, 6.07) is 17.5. The zero-order valence-electron chi connectivity index (χ0n) is 61.7. The standard InChI is InChI=1S/C76H108O32/c1-32-44(81)48(85)52(89)64(96-32)104-57-50(87)45(82)33(2)97-66(57)105-58-51(88)47(84)37(31-78)99-67(58)102-55-54(91)56(62(92)93)103-68(59(55)106-65-53(90)49(86)46(83)36(30-77)98-65)100-42-24-25-72(7)38(71(42,5)6)22-26-73(8)39(72)23-27-75-40-28-70(3,4)60(107-63(94)35-18-14-11-15-19-35)61(101-43(80)21-20-34-16-12-10-13-17-34)76(40,69(95)108-75)41(79)29-74(73,75)9/h10-21,32-33,36-42,44-61,64-69,77-79,81-91,95H,22-31H2,1-9H3,(H,92,93)/b21-20+/t32-,33-,36+,37+,38-,39+,40?,41+,42-,44-,45-,46-,47-,48+,49-,50+,51-,52+,53+,54-,55-,56-,57+,58+,59+,60-,61-,64-,65-,66-,67-,68+,69-,72-,73+,74-,75-,76+/m0/s1. The fourth-order valence-electron chi connectivity index (χ4n) is 21.6. The molecule has 32 nitrogen and oxygen atoms in total. The summed E-state index contributed by atoms with van der Waals surface area (Å²) < 4.78 is 82.4. The number of carboxylic acid groups (broad SMARTS) is 1. The molecule has 2 aromatic rings. The van der Waals surface area contributed by atoms with Crippen LogP contribution in [0.4, 0.5) is 0 Å². The number of hydrogen-bond donors (Lipinski definition) is 16. The molecule has 16 N–H and O–H groups in total. The number of benzene rings is 2. The first-order chi connectivity index (χ1) is 50.9. The highest BCUT2D eigenvalue weighted by Crippen LogP contribution is 2.82. The van der Waals surface area contributed by atoms with Gasteiger partial charge in [0.2, 0.25) is 0 Å². The summed E-state index contributed by atoms with van der Waals surface area (Å²) in [5.41, 5.74) is -5.88. The first kappa shape index (κ1) is 81.6. The lowest BCUT2D eigenvalue weighted by atomic mass is 9.30. The number of aliphatic carboxylic acids is 1. The second-order valence-electron chi connectivity index (χ2n) is 34.0. The minimum Gasteiger partial charge on any atom is -0.479 e. The van der Waals surface area contributed by atoms with Crippen LogP contribution >= 0.6 is 0 Å². The first-order valence-corrected chi connectivity index (χ1v) is 37.6. The molecule has 6 saturated heterocycles. The maximum Gasteiger partial charge on any atom is 0.338 e. The average molecular weight is 1530 g/mol. The van der Waals surface area contributed by atoms with Crippen molar-refractivity contribution in [3.8, 4) is 0 Å². The molecule has 2 aromatic carbocycles. The molecule has 0 aromatic heterocycles. The molecule has 604 valence electrons. The van der Waals surface area contributed by atoms with E-state index in [1.165, 1.54) is 19.9 Å². The third-order valence-corrected chi connectivity index (χ3v) is 27.5. The molecule has 11 fully saturated rings. The molecule has 5 saturated carbocycles. The van der Waals surface area contributed by atoms with E-state index in [4.69, 9.17) is 61.6 Å². The molecule has 32 heteroatoms. The van der Waals surface area contributed by atoms with Gasteiger partial charge in [-0.2, -0.15) is 0 Å². The van der Waals surface area contributed by atoms with Crippen molar-refractivity contribution in [1.82, 2.24) is 0 Å². The monoisotopic (exact) mass is 1530 g/mol. The van der Waals surface area contributed by atoms with Crippen molar-refractivity contribution in [3.63, 3.8) is 0 Å². The topological polar surface area (TPSA) is 495 Å². The Labute approximate surface area is 624 Å². The molecule has 6 aliphatic heterocycles. The minimum atomic E-state index is -2.38. The van der Waals surface area contributed by atoms with Crippen molar-refractivity contribution in [2.24, 2.45) is 50.2 Å². The fraction of sp³-hybridized carbons (Fsp3) is 0.776. The number of ether oxygens (including phenoxy) is 13. The van der Waals surface area contributed by atoms with Crippen LogP contribution in [0, 0.1) is 50.2 Å². The zero-order valence-corrected chi connectivity index (χ0v) is 61.7. The van der Waals surface area contributed by atoms with Gasteiger partial charge in [-0.05, 0) is 117 Å². The van der Waals surface area contributed by atoms with Crippen LogP contribution < -0.4 is 0 Å². The van der Waals surface area contributed by atoms with E-state index in [2.05, 4.69) is 20.8 Å². The highest BCUT2D eigenvalue weighted by atomic mass is 16.8. The number of carbonyl (C=O) groups is 3. The van der Waals surface area contributed by atoms with Gasteiger partial charge < -0.3 is 143 Å². The Balaban J connectivity index is 0.808. The van der Waals surface area contributed by atoms with E-state index < -0.39 is 259 Å². The van der Waals surface area contributed by atoms with E-state index in [-0.39, 0.29) is 36.7 Å². The predicted octanol–water partition coefficient (Wildman–Crippen LogP) is -0.990. The number of hydrogen-bond acceptors (Lipinski definition) is 31. The number of carbonyl (C=O) groups excluding carboxylic acids is 2. The Morgan fingerprint density at radius 2 is 1.02 bits per heavy atom. The van der Waals surface area contributed by atoms with Gasteiger partial charge in [-0.15, -0.1) is 0 Å². The van der Waals surface area contributed by atoms with E-state index >= 15 is 0 Å². The second-order valence-corrected chi connectivity index (χ2v) is 34.0. The SMILES string of the molecule is C[C@@H]1O[C@@H](O[C@H]2[C@H](O[C@H]3[C@H](O[C@H]4[C@H](O)[C@@H](C(=O)O)O[C@@H](O[C@H]5CC[C@]6(C)[C@H]7CC[C@]89O[C@H](O)[C@]%10(C8CC(C)(C)[C@@H](OC(=O)c8ccccc8)[C@@H]%10OC(=O)/C=C/c8ccccc8)[C@H](O)C[C@@]9(C)[C@]7(C)CC[C@H]6C5(C)C)[C@@H]4O[C@@H]4O[C@H](CO)[C@H](O)[C@H](O)[C@H]4O)O[C@H](CO)[C@H](O)[C@@H]3O)O[C@@H](C)[C@H](O)[C@H]2O)[C@H](O)[C@H](O)[C@H]1O. The number of carboxylic acids is 1. The molecule has 5 aliphatic carbocycles. The highest BCUT2D eigenvalue weighted by molar-refractivity contribution is 5.90. The van der Waals surface area contributed by atoms with Gasteiger partial charge in [-0.1, -0.05) is 97.0 Å².